The van der Waals surface area contributed by atoms with E-state index >= 15 is 0 Å². The van der Waals surface area contributed by atoms with E-state index in [1.807, 2.05) is 11.9 Å². The molecule has 1 saturated carbocycles. The third kappa shape index (κ3) is 3.41. The molecule has 1 aliphatic carbocycles. The van der Waals surface area contributed by atoms with Gasteiger partial charge in [0.25, 0.3) is 0 Å². The van der Waals surface area contributed by atoms with Gasteiger partial charge < -0.3 is 15.3 Å². The summed E-state index contributed by atoms with van der Waals surface area (Å²) in [6.07, 6.45) is 2.44. The molecule has 0 aromatic heterocycles. The molecule has 0 saturated heterocycles. The molecule has 4 heteroatoms. The second kappa shape index (κ2) is 5.47. The molecule has 0 heterocycles. The summed E-state index contributed by atoms with van der Waals surface area (Å²) < 4.78 is 13.2. The van der Waals surface area contributed by atoms with Crippen LogP contribution in [-0.4, -0.2) is 31.3 Å². The molecule has 0 bridgehead atoms. The molecule has 3 nitrogen and oxygen atoms in total. The second-order valence-electron chi connectivity index (χ2n) is 4.57. The quantitative estimate of drug-likeness (QED) is 0.788. The van der Waals surface area contributed by atoms with Crippen LogP contribution in [0.5, 0.6) is 0 Å². The van der Waals surface area contributed by atoms with Crippen molar-refractivity contribution in [2.24, 2.45) is 0 Å². The highest BCUT2D eigenvalue weighted by Gasteiger charge is 2.20. The number of hydrogen-bond donors (Lipinski definition) is 2. The third-order valence-electron chi connectivity index (χ3n) is 3.05. The first-order valence-electron chi connectivity index (χ1n) is 6.04. The summed E-state index contributed by atoms with van der Waals surface area (Å²) in [6.45, 7) is 1.35. The van der Waals surface area contributed by atoms with E-state index in [1.165, 1.54) is 18.9 Å². The molecule has 94 valence electrons. The zero-order valence-corrected chi connectivity index (χ0v) is 10.1. The number of aliphatic hydroxyl groups excluding tert-OH is 1. The maximum atomic E-state index is 13.2. The van der Waals surface area contributed by atoms with Crippen molar-refractivity contribution in [3.8, 4) is 0 Å². The molecule has 1 aromatic carbocycles. The minimum atomic E-state index is -0.209. The van der Waals surface area contributed by atoms with Crippen molar-refractivity contribution in [3.05, 3.63) is 29.6 Å². The molecule has 0 unspecified atom stereocenters. The minimum Gasteiger partial charge on any atom is -0.395 e. The predicted molar refractivity (Wildman–Crippen MR) is 66.6 cm³/mol. The van der Waals surface area contributed by atoms with Crippen molar-refractivity contribution in [3.63, 3.8) is 0 Å². The van der Waals surface area contributed by atoms with Crippen LogP contribution in [0.15, 0.2) is 18.2 Å². The average molecular weight is 238 g/mol. The number of nitrogens with zero attached hydrogens (tertiary/aromatic N) is 1. The maximum absolute atomic E-state index is 13.2. The smallest absolute Gasteiger partial charge is 0.123 e. The van der Waals surface area contributed by atoms with Gasteiger partial charge in [0.1, 0.15) is 5.82 Å². The van der Waals surface area contributed by atoms with Crippen molar-refractivity contribution in [2.45, 2.75) is 25.4 Å². The standard InChI is InChI=1S/C13H19FN2O/c1-16(6-7-17)13-5-2-11(14)8-10(13)9-15-12-3-4-12/h2,5,8,12,15,17H,3-4,6-7,9H2,1H3. The van der Waals surface area contributed by atoms with Gasteiger partial charge in [-0.1, -0.05) is 0 Å². The fourth-order valence-corrected chi connectivity index (χ4v) is 1.88. The van der Waals surface area contributed by atoms with Crippen LogP contribution in [0, 0.1) is 5.82 Å². The third-order valence-corrected chi connectivity index (χ3v) is 3.05. The highest BCUT2D eigenvalue weighted by molar-refractivity contribution is 5.53. The monoisotopic (exact) mass is 238 g/mol. The van der Waals surface area contributed by atoms with Gasteiger partial charge in [-0.25, -0.2) is 4.39 Å². The molecule has 0 amide bonds. The number of likely N-dealkylation sites (N-methyl/N-ethyl adjacent to an activating group) is 1. The van der Waals surface area contributed by atoms with Gasteiger partial charge in [-0.2, -0.15) is 0 Å². The minimum absolute atomic E-state index is 0.101. The summed E-state index contributed by atoms with van der Waals surface area (Å²) in [5.41, 5.74) is 1.93. The van der Waals surface area contributed by atoms with Crippen LogP contribution in [0.1, 0.15) is 18.4 Å². The first-order chi connectivity index (χ1) is 8.20. The number of halogens is 1. The zero-order chi connectivity index (χ0) is 12.3. The van der Waals surface area contributed by atoms with Crippen molar-refractivity contribution in [1.82, 2.24) is 5.32 Å². The predicted octanol–water partition coefficient (Wildman–Crippen LogP) is 1.51. The highest BCUT2D eigenvalue weighted by Crippen LogP contribution is 2.23. The lowest BCUT2D eigenvalue weighted by Gasteiger charge is -2.21. The van der Waals surface area contributed by atoms with Crippen LogP contribution in [0.2, 0.25) is 0 Å². The largest absolute Gasteiger partial charge is 0.395 e. The number of benzene rings is 1. The number of aliphatic hydroxyl groups is 1. The van der Waals surface area contributed by atoms with E-state index in [4.69, 9.17) is 5.11 Å². The zero-order valence-electron chi connectivity index (χ0n) is 10.1. The Balaban J connectivity index is 2.10. The Morgan fingerprint density at radius 1 is 1.47 bits per heavy atom. The van der Waals surface area contributed by atoms with Crippen molar-refractivity contribution < 1.29 is 9.50 Å². The van der Waals surface area contributed by atoms with Gasteiger partial charge >= 0.3 is 0 Å². The number of rotatable bonds is 6. The van der Waals surface area contributed by atoms with Crippen LogP contribution in [0.3, 0.4) is 0 Å². The van der Waals surface area contributed by atoms with E-state index in [2.05, 4.69) is 5.32 Å². The van der Waals surface area contributed by atoms with Gasteiger partial charge in [-0.3, -0.25) is 0 Å². The Morgan fingerprint density at radius 2 is 2.24 bits per heavy atom. The van der Waals surface area contributed by atoms with E-state index in [0.29, 0.717) is 19.1 Å². The molecule has 1 fully saturated rings. The maximum Gasteiger partial charge on any atom is 0.123 e. The summed E-state index contributed by atoms with van der Waals surface area (Å²) in [5, 5.41) is 12.3. The van der Waals surface area contributed by atoms with Crippen LogP contribution in [0.4, 0.5) is 10.1 Å². The molecule has 0 aliphatic heterocycles. The molecule has 17 heavy (non-hydrogen) atoms. The second-order valence-corrected chi connectivity index (χ2v) is 4.57. The summed E-state index contributed by atoms with van der Waals surface area (Å²) >= 11 is 0. The van der Waals surface area contributed by atoms with Crippen LogP contribution in [0.25, 0.3) is 0 Å². The molecule has 2 rings (SSSR count). The highest BCUT2D eigenvalue weighted by atomic mass is 19.1. The van der Waals surface area contributed by atoms with Gasteiger partial charge in [0.05, 0.1) is 6.61 Å². The Hall–Kier alpha value is -1.13. The molecule has 1 aromatic rings. The first kappa shape index (κ1) is 12.3. The molecule has 2 N–H and O–H groups in total. The molecule has 0 radical (unpaired) electrons. The van der Waals surface area contributed by atoms with Gasteiger partial charge in [0, 0.05) is 31.9 Å². The van der Waals surface area contributed by atoms with E-state index in [9.17, 15) is 4.39 Å². The number of nitrogens with one attached hydrogen (secondary N) is 1. The normalized spacial score (nSPS) is 15.0. The fraction of sp³-hybridized carbons (Fsp3) is 0.538. The van der Waals surface area contributed by atoms with E-state index < -0.39 is 0 Å². The first-order valence-corrected chi connectivity index (χ1v) is 6.04. The Morgan fingerprint density at radius 3 is 2.88 bits per heavy atom. The van der Waals surface area contributed by atoms with E-state index in [1.54, 1.807) is 12.1 Å². The van der Waals surface area contributed by atoms with Crippen LogP contribution in [-0.2, 0) is 6.54 Å². The van der Waals surface area contributed by atoms with Gasteiger partial charge in [-0.05, 0) is 36.6 Å². The van der Waals surface area contributed by atoms with Crippen LogP contribution >= 0.6 is 0 Å². The lowest BCUT2D eigenvalue weighted by Crippen LogP contribution is -2.24. The average Bonchev–Trinajstić information content (AvgIpc) is 3.10. The summed E-state index contributed by atoms with van der Waals surface area (Å²) in [4.78, 5) is 1.95. The summed E-state index contributed by atoms with van der Waals surface area (Å²) in [5.74, 6) is -0.209. The Labute approximate surface area is 101 Å². The van der Waals surface area contributed by atoms with Crippen molar-refractivity contribution in [2.75, 3.05) is 25.1 Å². The Bertz CT molecular complexity index is 380. The SMILES string of the molecule is CN(CCO)c1ccc(F)cc1CNC1CC1. The number of hydrogen-bond acceptors (Lipinski definition) is 3. The summed E-state index contributed by atoms with van der Waals surface area (Å²) in [6, 6.07) is 5.41. The molecular formula is C13H19FN2O. The van der Waals surface area contributed by atoms with Gasteiger partial charge in [0.15, 0.2) is 0 Å². The van der Waals surface area contributed by atoms with E-state index in [-0.39, 0.29) is 12.4 Å². The number of anilines is 1. The van der Waals surface area contributed by atoms with Crippen molar-refractivity contribution >= 4 is 5.69 Å². The molecule has 0 atom stereocenters. The van der Waals surface area contributed by atoms with E-state index in [0.717, 1.165) is 11.3 Å². The molecule has 0 spiro atoms. The van der Waals surface area contributed by atoms with Crippen molar-refractivity contribution in [1.29, 1.82) is 0 Å². The lowest BCUT2D eigenvalue weighted by atomic mass is 10.1. The molecule has 1 aliphatic rings. The topological polar surface area (TPSA) is 35.5 Å². The summed E-state index contributed by atoms with van der Waals surface area (Å²) in [7, 11) is 1.91. The fourth-order valence-electron chi connectivity index (χ4n) is 1.88. The lowest BCUT2D eigenvalue weighted by molar-refractivity contribution is 0.304. The van der Waals surface area contributed by atoms with Gasteiger partial charge in [0.2, 0.25) is 0 Å². The van der Waals surface area contributed by atoms with Gasteiger partial charge in [-0.15, -0.1) is 0 Å². The Kier molecular flexibility index (Phi) is 3.97. The van der Waals surface area contributed by atoms with Crippen LogP contribution < -0.4 is 10.2 Å². The molecular weight excluding hydrogens is 219 g/mol.